The summed E-state index contributed by atoms with van der Waals surface area (Å²) in [6.07, 6.45) is -0.179. The van der Waals surface area contributed by atoms with Gasteiger partial charge in [0.1, 0.15) is 5.82 Å². The van der Waals surface area contributed by atoms with E-state index in [-0.39, 0.29) is 5.82 Å². The molecule has 0 atom stereocenters. The maximum atomic E-state index is 12.7. The van der Waals surface area contributed by atoms with Gasteiger partial charge < -0.3 is 10.6 Å². The van der Waals surface area contributed by atoms with Gasteiger partial charge in [-0.3, -0.25) is 10.4 Å². The molecule has 2 heterocycles. The Balaban J connectivity index is 1.60. The number of anilines is 3. The predicted molar refractivity (Wildman–Crippen MR) is 94.2 cm³/mol. The van der Waals surface area contributed by atoms with Crippen molar-refractivity contribution in [2.75, 3.05) is 16.0 Å². The van der Waals surface area contributed by atoms with E-state index in [0.29, 0.717) is 12.2 Å². The molecule has 0 unspecified atom stereocenters. The number of benzene rings is 1. The third kappa shape index (κ3) is 5.21. The standard InChI is InChI=1S/C17H15F3N6O/c18-17(19,20)12-4-5-21-15(7-12)26-16(27)25-13-3-1-2-11(6-13)8-22-14-9-23-24-10-14/h1-7,9-10,22H,8H2,(H,23,24)(H2,21,25,26,27). The molecule has 0 spiro atoms. The van der Waals surface area contributed by atoms with E-state index in [4.69, 9.17) is 0 Å². The molecule has 0 saturated carbocycles. The number of urea groups is 1. The number of carbonyl (C=O) groups is 1. The van der Waals surface area contributed by atoms with Crippen LogP contribution in [-0.2, 0) is 12.7 Å². The Morgan fingerprint density at radius 1 is 1.11 bits per heavy atom. The number of carbonyl (C=O) groups excluding carboxylic acids is 1. The van der Waals surface area contributed by atoms with Gasteiger partial charge in [-0.25, -0.2) is 9.78 Å². The zero-order valence-corrected chi connectivity index (χ0v) is 13.8. The Bertz CT molecular complexity index is 911. The van der Waals surface area contributed by atoms with E-state index in [1.54, 1.807) is 30.6 Å². The number of nitrogens with zero attached hydrogens (tertiary/aromatic N) is 2. The number of aromatic amines is 1. The third-order valence-electron chi connectivity index (χ3n) is 3.51. The monoisotopic (exact) mass is 376 g/mol. The molecule has 7 nitrogen and oxygen atoms in total. The van der Waals surface area contributed by atoms with Gasteiger partial charge in [0.05, 0.1) is 17.4 Å². The highest BCUT2D eigenvalue weighted by molar-refractivity contribution is 5.99. The number of hydrogen-bond acceptors (Lipinski definition) is 4. The Hall–Kier alpha value is -3.56. The zero-order chi connectivity index (χ0) is 19.3. The molecule has 0 saturated heterocycles. The van der Waals surface area contributed by atoms with E-state index in [1.807, 2.05) is 6.07 Å². The summed E-state index contributed by atoms with van der Waals surface area (Å²) < 4.78 is 38.1. The molecule has 2 aromatic heterocycles. The quantitative estimate of drug-likeness (QED) is 0.540. The van der Waals surface area contributed by atoms with Crippen molar-refractivity contribution in [2.24, 2.45) is 0 Å². The number of alkyl halides is 3. The summed E-state index contributed by atoms with van der Waals surface area (Å²) >= 11 is 0. The Kier molecular flexibility index (Phi) is 5.25. The second kappa shape index (κ2) is 7.77. The van der Waals surface area contributed by atoms with Gasteiger partial charge in [-0.2, -0.15) is 18.3 Å². The Morgan fingerprint density at radius 3 is 2.70 bits per heavy atom. The number of H-pyrrole nitrogens is 1. The number of pyridine rings is 1. The number of halogens is 3. The van der Waals surface area contributed by atoms with Crippen LogP contribution < -0.4 is 16.0 Å². The first-order valence-corrected chi connectivity index (χ1v) is 7.83. The lowest BCUT2D eigenvalue weighted by Gasteiger charge is -2.11. The molecule has 27 heavy (non-hydrogen) atoms. The van der Waals surface area contributed by atoms with Gasteiger partial charge in [0.2, 0.25) is 0 Å². The molecule has 3 rings (SSSR count). The summed E-state index contributed by atoms with van der Waals surface area (Å²) in [5, 5.41) is 14.5. The number of nitrogens with one attached hydrogen (secondary N) is 4. The van der Waals surface area contributed by atoms with Crippen molar-refractivity contribution in [3.05, 3.63) is 66.1 Å². The van der Waals surface area contributed by atoms with Crippen LogP contribution in [0.3, 0.4) is 0 Å². The molecule has 10 heteroatoms. The minimum absolute atomic E-state index is 0.194. The molecule has 0 aliphatic carbocycles. The fourth-order valence-electron chi connectivity index (χ4n) is 2.26. The van der Waals surface area contributed by atoms with Crippen molar-refractivity contribution < 1.29 is 18.0 Å². The molecule has 1 aromatic carbocycles. The summed E-state index contributed by atoms with van der Waals surface area (Å²) in [6.45, 7) is 0.506. The van der Waals surface area contributed by atoms with Gasteiger partial charge >= 0.3 is 12.2 Å². The van der Waals surface area contributed by atoms with E-state index in [1.165, 1.54) is 0 Å². The van der Waals surface area contributed by atoms with E-state index < -0.39 is 17.8 Å². The summed E-state index contributed by atoms with van der Waals surface area (Å²) in [5.41, 5.74) is 1.32. The molecule has 0 aliphatic rings. The third-order valence-corrected chi connectivity index (χ3v) is 3.51. The van der Waals surface area contributed by atoms with Crippen LogP contribution in [0.5, 0.6) is 0 Å². The van der Waals surface area contributed by atoms with Crippen molar-refractivity contribution in [1.82, 2.24) is 15.2 Å². The zero-order valence-electron chi connectivity index (χ0n) is 13.8. The second-order valence-electron chi connectivity index (χ2n) is 5.55. The minimum Gasteiger partial charge on any atom is -0.378 e. The molecule has 0 bridgehead atoms. The first-order valence-electron chi connectivity index (χ1n) is 7.83. The highest BCUT2D eigenvalue weighted by Crippen LogP contribution is 2.29. The molecule has 140 valence electrons. The number of amides is 2. The van der Waals surface area contributed by atoms with Crippen LogP contribution in [0.2, 0.25) is 0 Å². The van der Waals surface area contributed by atoms with Crippen molar-refractivity contribution in [3.63, 3.8) is 0 Å². The molecular formula is C17H15F3N6O. The maximum absolute atomic E-state index is 12.7. The van der Waals surface area contributed by atoms with Crippen molar-refractivity contribution in [1.29, 1.82) is 0 Å². The summed E-state index contributed by atoms with van der Waals surface area (Å²) in [5.74, 6) is -0.194. The van der Waals surface area contributed by atoms with Crippen molar-refractivity contribution in [2.45, 2.75) is 12.7 Å². The van der Waals surface area contributed by atoms with Gasteiger partial charge in [-0.1, -0.05) is 12.1 Å². The van der Waals surface area contributed by atoms with Gasteiger partial charge in [0.15, 0.2) is 0 Å². The molecular weight excluding hydrogens is 361 g/mol. The smallest absolute Gasteiger partial charge is 0.378 e. The average Bonchev–Trinajstić information content (AvgIpc) is 3.13. The molecule has 0 fully saturated rings. The van der Waals surface area contributed by atoms with Gasteiger partial charge in [-0.05, 0) is 29.8 Å². The van der Waals surface area contributed by atoms with Crippen LogP contribution in [0.4, 0.5) is 35.2 Å². The van der Waals surface area contributed by atoms with Crippen molar-refractivity contribution >= 4 is 23.2 Å². The Labute approximate surface area is 152 Å². The fraction of sp³-hybridized carbons (Fsp3) is 0.118. The lowest BCUT2D eigenvalue weighted by atomic mass is 10.2. The van der Waals surface area contributed by atoms with Crippen LogP contribution in [-0.4, -0.2) is 21.2 Å². The fourth-order valence-corrected chi connectivity index (χ4v) is 2.26. The van der Waals surface area contributed by atoms with E-state index in [0.717, 1.165) is 29.6 Å². The number of aromatic nitrogens is 3. The first kappa shape index (κ1) is 18.2. The Morgan fingerprint density at radius 2 is 1.96 bits per heavy atom. The normalized spacial score (nSPS) is 11.1. The minimum atomic E-state index is -4.51. The highest BCUT2D eigenvalue weighted by Gasteiger charge is 2.30. The SMILES string of the molecule is O=C(Nc1cccc(CNc2cn[nH]c2)c1)Nc1cc(C(F)(F)F)ccn1. The summed E-state index contributed by atoms with van der Waals surface area (Å²) in [6, 6.07) is 7.94. The second-order valence-corrected chi connectivity index (χ2v) is 5.55. The largest absolute Gasteiger partial charge is 0.416 e. The molecule has 3 aromatic rings. The van der Waals surface area contributed by atoms with E-state index >= 15 is 0 Å². The predicted octanol–water partition coefficient (Wildman–Crippen LogP) is 4.08. The van der Waals surface area contributed by atoms with E-state index in [9.17, 15) is 18.0 Å². The highest BCUT2D eigenvalue weighted by atomic mass is 19.4. The molecule has 0 aliphatic heterocycles. The maximum Gasteiger partial charge on any atom is 0.416 e. The lowest BCUT2D eigenvalue weighted by molar-refractivity contribution is -0.137. The van der Waals surface area contributed by atoms with Gasteiger partial charge in [0.25, 0.3) is 0 Å². The molecule has 4 N–H and O–H groups in total. The first-order chi connectivity index (χ1) is 12.9. The van der Waals surface area contributed by atoms with Crippen molar-refractivity contribution in [3.8, 4) is 0 Å². The number of rotatable bonds is 5. The van der Waals surface area contributed by atoms with Crippen LogP contribution >= 0.6 is 0 Å². The van der Waals surface area contributed by atoms with E-state index in [2.05, 4.69) is 31.1 Å². The van der Waals surface area contributed by atoms with Crippen LogP contribution in [0.1, 0.15) is 11.1 Å². The average molecular weight is 376 g/mol. The summed E-state index contributed by atoms with van der Waals surface area (Å²) in [4.78, 5) is 15.7. The molecule has 0 radical (unpaired) electrons. The van der Waals surface area contributed by atoms with Crippen LogP contribution in [0, 0.1) is 0 Å². The lowest BCUT2D eigenvalue weighted by Crippen LogP contribution is -2.20. The van der Waals surface area contributed by atoms with Gasteiger partial charge in [-0.15, -0.1) is 0 Å². The van der Waals surface area contributed by atoms with Crippen LogP contribution in [0.15, 0.2) is 55.0 Å². The topological polar surface area (TPSA) is 94.7 Å². The number of hydrogen-bond donors (Lipinski definition) is 4. The van der Waals surface area contributed by atoms with Crippen LogP contribution in [0.25, 0.3) is 0 Å². The summed E-state index contributed by atoms with van der Waals surface area (Å²) in [7, 11) is 0. The van der Waals surface area contributed by atoms with Gasteiger partial charge in [0, 0.05) is 24.6 Å². The molecule has 2 amide bonds.